The van der Waals surface area contributed by atoms with Crippen molar-refractivity contribution in [2.45, 2.75) is 0 Å². The predicted octanol–water partition coefficient (Wildman–Crippen LogP) is 1.53. The molecule has 1 N–H and O–H groups in total. The highest BCUT2D eigenvalue weighted by Crippen LogP contribution is 2.14. The van der Waals surface area contributed by atoms with E-state index >= 15 is 0 Å². The fraction of sp³-hybridized carbons (Fsp3) is 0.250. The molecule has 0 unspecified atom stereocenters. The number of halogens is 1. The number of hydrogen-bond acceptors (Lipinski definition) is 4. The Morgan fingerprint density at radius 3 is 3.11 bits per heavy atom. The number of hydroxylamine groups is 1. The van der Waals surface area contributed by atoms with Crippen molar-refractivity contribution in [1.29, 1.82) is 0 Å². The molecule has 0 aromatic carbocycles. The molecule has 0 radical (unpaired) electrons. The van der Waals surface area contributed by atoms with Crippen LogP contribution in [0.5, 0.6) is 0 Å². The quantitative estimate of drug-likeness (QED) is 0.409. The molecular weight excluding hydrogens is 160 g/mol. The van der Waals surface area contributed by atoms with E-state index in [-0.39, 0.29) is 6.00 Å². The minimum Gasteiger partial charge on any atom is -0.285 e. The van der Waals surface area contributed by atoms with Crippen molar-refractivity contribution >= 4 is 28.1 Å². The fourth-order valence-electron chi connectivity index (χ4n) is 0.395. The molecule has 1 aromatic heterocycles. The van der Waals surface area contributed by atoms with Crippen molar-refractivity contribution in [3.05, 3.63) is 11.6 Å². The number of thiazole rings is 1. The number of hydrogen-bond donors (Lipinski definition) is 1. The van der Waals surface area contributed by atoms with Gasteiger partial charge in [0.15, 0.2) is 0 Å². The number of anilines is 1. The summed E-state index contributed by atoms with van der Waals surface area (Å²) in [6.07, 6.45) is 1.61. The van der Waals surface area contributed by atoms with Crippen LogP contribution in [0.25, 0.3) is 0 Å². The maximum Gasteiger partial charge on any atom is 0.210 e. The molecular formula is C4H5ClN2OS. The lowest BCUT2D eigenvalue weighted by atomic mass is 11.0. The molecule has 1 rings (SSSR count). The average molecular weight is 165 g/mol. The lowest BCUT2D eigenvalue weighted by Crippen LogP contribution is -2.14. The Labute approximate surface area is 61.5 Å². The number of aromatic nitrogens is 1. The summed E-state index contributed by atoms with van der Waals surface area (Å²) in [6, 6.07) is 0.0491. The van der Waals surface area contributed by atoms with Gasteiger partial charge in [0.25, 0.3) is 0 Å². The topological polar surface area (TPSA) is 36.4 Å². The summed E-state index contributed by atoms with van der Waals surface area (Å²) in [5, 5.41) is 12.0. The third kappa shape index (κ3) is 1.54. The highest BCUT2D eigenvalue weighted by atomic mass is 35.5. The lowest BCUT2D eigenvalue weighted by Gasteiger charge is -2.06. The van der Waals surface area contributed by atoms with Crippen LogP contribution in [-0.4, -0.2) is 16.2 Å². The first-order valence-corrected chi connectivity index (χ1v) is 3.68. The molecule has 0 spiro atoms. The van der Waals surface area contributed by atoms with Crippen LogP contribution in [0.1, 0.15) is 0 Å². The molecule has 0 amide bonds. The largest absolute Gasteiger partial charge is 0.285 e. The van der Waals surface area contributed by atoms with E-state index in [1.54, 1.807) is 11.6 Å². The molecule has 1 aromatic rings. The van der Waals surface area contributed by atoms with E-state index < -0.39 is 0 Å². The molecule has 0 saturated heterocycles. The maximum atomic E-state index is 8.87. The van der Waals surface area contributed by atoms with Gasteiger partial charge < -0.3 is 0 Å². The summed E-state index contributed by atoms with van der Waals surface area (Å²) < 4.78 is 0. The Kier molecular flexibility index (Phi) is 2.27. The van der Waals surface area contributed by atoms with Gasteiger partial charge >= 0.3 is 0 Å². The van der Waals surface area contributed by atoms with E-state index in [9.17, 15) is 0 Å². The van der Waals surface area contributed by atoms with Gasteiger partial charge in [-0.2, -0.15) is 0 Å². The van der Waals surface area contributed by atoms with Gasteiger partial charge in [-0.3, -0.25) is 5.21 Å². The first kappa shape index (κ1) is 6.80. The lowest BCUT2D eigenvalue weighted by molar-refractivity contribution is 0.272. The van der Waals surface area contributed by atoms with Crippen molar-refractivity contribution in [3.63, 3.8) is 0 Å². The number of alkyl halides is 1. The molecule has 0 atom stereocenters. The van der Waals surface area contributed by atoms with Gasteiger partial charge in [-0.15, -0.1) is 22.9 Å². The van der Waals surface area contributed by atoms with Crippen molar-refractivity contribution in [2.75, 3.05) is 11.1 Å². The molecule has 0 aliphatic heterocycles. The fourth-order valence-corrected chi connectivity index (χ4v) is 1.13. The summed E-state index contributed by atoms with van der Waals surface area (Å²) in [5.41, 5.74) is 0. The van der Waals surface area contributed by atoms with E-state index in [2.05, 4.69) is 4.98 Å². The Hall–Kier alpha value is -0.320. The standard InChI is InChI=1S/C4H5ClN2OS/c5-3-7(8)4-6-1-2-9-4/h1-2,8H,3H2. The van der Waals surface area contributed by atoms with Crippen LogP contribution < -0.4 is 5.06 Å². The second-order valence-electron chi connectivity index (χ2n) is 1.33. The van der Waals surface area contributed by atoms with Crippen LogP contribution in [0.3, 0.4) is 0 Å². The van der Waals surface area contributed by atoms with Crippen LogP contribution in [0.15, 0.2) is 11.6 Å². The molecule has 1 heterocycles. The Morgan fingerprint density at radius 1 is 1.89 bits per heavy atom. The van der Waals surface area contributed by atoms with E-state index in [1.165, 1.54) is 11.3 Å². The van der Waals surface area contributed by atoms with E-state index in [0.717, 1.165) is 5.06 Å². The summed E-state index contributed by atoms with van der Waals surface area (Å²) >= 11 is 6.62. The van der Waals surface area contributed by atoms with Crippen molar-refractivity contribution < 1.29 is 5.21 Å². The zero-order chi connectivity index (χ0) is 6.69. The third-order valence-corrected chi connectivity index (χ3v) is 1.76. The molecule has 0 bridgehead atoms. The summed E-state index contributed by atoms with van der Waals surface area (Å²) in [6.45, 7) is 0. The van der Waals surface area contributed by atoms with E-state index in [1.807, 2.05) is 0 Å². The average Bonchev–Trinajstić information content (AvgIpc) is 2.37. The molecule has 0 aliphatic carbocycles. The zero-order valence-electron chi connectivity index (χ0n) is 4.49. The summed E-state index contributed by atoms with van der Waals surface area (Å²) in [7, 11) is 0. The van der Waals surface area contributed by atoms with Gasteiger partial charge in [-0.25, -0.2) is 10.0 Å². The number of nitrogens with zero attached hydrogens (tertiary/aromatic N) is 2. The molecule has 0 fully saturated rings. The summed E-state index contributed by atoms with van der Waals surface area (Å²) in [5.74, 6) is 0. The van der Waals surface area contributed by atoms with Gasteiger partial charge in [0.2, 0.25) is 5.13 Å². The zero-order valence-corrected chi connectivity index (χ0v) is 6.06. The SMILES string of the molecule is ON(CCl)c1nccs1. The van der Waals surface area contributed by atoms with E-state index in [0.29, 0.717) is 5.13 Å². The molecule has 50 valence electrons. The molecule has 0 saturated carbocycles. The Bertz CT molecular complexity index is 167. The second kappa shape index (κ2) is 3.00. The van der Waals surface area contributed by atoms with Crippen LogP contribution in [0, 0.1) is 0 Å². The smallest absolute Gasteiger partial charge is 0.210 e. The monoisotopic (exact) mass is 164 g/mol. The van der Waals surface area contributed by atoms with Gasteiger partial charge in [-0.1, -0.05) is 0 Å². The number of rotatable bonds is 2. The van der Waals surface area contributed by atoms with E-state index in [4.69, 9.17) is 16.8 Å². The van der Waals surface area contributed by atoms with Gasteiger partial charge in [0, 0.05) is 11.6 Å². The van der Waals surface area contributed by atoms with Crippen molar-refractivity contribution in [1.82, 2.24) is 4.98 Å². The van der Waals surface area contributed by atoms with Crippen LogP contribution >= 0.6 is 22.9 Å². The summed E-state index contributed by atoms with van der Waals surface area (Å²) in [4.78, 5) is 3.80. The minimum atomic E-state index is 0.0491. The molecule has 9 heavy (non-hydrogen) atoms. The second-order valence-corrected chi connectivity index (χ2v) is 2.45. The first-order valence-electron chi connectivity index (χ1n) is 2.26. The van der Waals surface area contributed by atoms with Gasteiger partial charge in [0.1, 0.15) is 6.00 Å². The maximum absolute atomic E-state index is 8.87. The predicted molar refractivity (Wildman–Crippen MR) is 37.1 cm³/mol. The first-order chi connectivity index (χ1) is 4.34. The van der Waals surface area contributed by atoms with Crippen LogP contribution in [-0.2, 0) is 0 Å². The molecule has 5 heteroatoms. The van der Waals surface area contributed by atoms with Crippen molar-refractivity contribution in [3.8, 4) is 0 Å². The van der Waals surface area contributed by atoms with Gasteiger partial charge in [-0.05, 0) is 0 Å². The highest BCUT2D eigenvalue weighted by molar-refractivity contribution is 7.13. The normalized spacial score (nSPS) is 9.56. The van der Waals surface area contributed by atoms with Gasteiger partial charge in [0.05, 0.1) is 0 Å². The Balaban J connectivity index is 2.65. The van der Waals surface area contributed by atoms with Crippen LogP contribution in [0.2, 0.25) is 0 Å². The highest BCUT2D eigenvalue weighted by Gasteiger charge is 2.00. The third-order valence-electron chi connectivity index (χ3n) is 0.753. The van der Waals surface area contributed by atoms with Crippen molar-refractivity contribution in [2.24, 2.45) is 0 Å². The molecule has 0 aliphatic rings. The van der Waals surface area contributed by atoms with Crippen LogP contribution in [0.4, 0.5) is 5.13 Å². The Morgan fingerprint density at radius 2 is 2.67 bits per heavy atom. The molecule has 3 nitrogen and oxygen atoms in total. The minimum absolute atomic E-state index is 0.0491.